The van der Waals surface area contributed by atoms with Crippen molar-refractivity contribution in [1.29, 1.82) is 0 Å². The molecule has 1 amide bonds. The SMILES string of the molecule is CCC(CC)NC(=O)C(C)N1CCN(CC(=O)O)CC1. The molecule has 1 unspecified atom stereocenters. The number of aliphatic carboxylic acids is 1. The van der Waals surface area contributed by atoms with Crippen LogP contribution in [0, 0.1) is 0 Å². The van der Waals surface area contributed by atoms with Crippen LogP contribution in [-0.2, 0) is 9.59 Å². The van der Waals surface area contributed by atoms with Crippen LogP contribution < -0.4 is 5.32 Å². The zero-order valence-corrected chi connectivity index (χ0v) is 12.8. The molecule has 1 saturated heterocycles. The molecule has 1 fully saturated rings. The van der Waals surface area contributed by atoms with Crippen LogP contribution in [0.25, 0.3) is 0 Å². The van der Waals surface area contributed by atoms with Gasteiger partial charge in [0.15, 0.2) is 0 Å². The van der Waals surface area contributed by atoms with E-state index >= 15 is 0 Å². The molecule has 6 heteroatoms. The molecule has 0 aliphatic carbocycles. The number of nitrogens with one attached hydrogen (secondary N) is 1. The standard InChI is InChI=1S/C14H27N3O3/c1-4-12(5-2)15-14(20)11(3)17-8-6-16(7-9-17)10-13(18)19/h11-12H,4-10H2,1-3H3,(H,15,20)(H,18,19). The minimum Gasteiger partial charge on any atom is -0.480 e. The summed E-state index contributed by atoms with van der Waals surface area (Å²) in [6.45, 7) is 9.04. The number of rotatable bonds is 7. The molecular formula is C14H27N3O3. The van der Waals surface area contributed by atoms with Gasteiger partial charge in [-0.25, -0.2) is 0 Å². The van der Waals surface area contributed by atoms with Crippen molar-refractivity contribution < 1.29 is 14.7 Å². The summed E-state index contributed by atoms with van der Waals surface area (Å²) in [6.07, 6.45) is 1.89. The summed E-state index contributed by atoms with van der Waals surface area (Å²) in [7, 11) is 0. The molecule has 1 atom stereocenters. The minimum atomic E-state index is -0.794. The fraction of sp³-hybridized carbons (Fsp3) is 0.857. The molecular weight excluding hydrogens is 258 g/mol. The lowest BCUT2D eigenvalue weighted by molar-refractivity contribution is -0.139. The summed E-state index contributed by atoms with van der Waals surface area (Å²) in [5, 5.41) is 11.8. The van der Waals surface area contributed by atoms with Crippen molar-refractivity contribution in [3.05, 3.63) is 0 Å². The monoisotopic (exact) mass is 285 g/mol. The largest absolute Gasteiger partial charge is 0.480 e. The Bertz CT molecular complexity index is 324. The molecule has 0 bridgehead atoms. The van der Waals surface area contributed by atoms with Crippen molar-refractivity contribution in [2.75, 3.05) is 32.7 Å². The number of piperazine rings is 1. The van der Waals surface area contributed by atoms with Gasteiger partial charge in [0, 0.05) is 32.2 Å². The van der Waals surface area contributed by atoms with Crippen LogP contribution in [-0.4, -0.2) is 71.6 Å². The predicted molar refractivity (Wildman–Crippen MR) is 77.6 cm³/mol. The molecule has 1 aliphatic rings. The zero-order valence-electron chi connectivity index (χ0n) is 12.8. The van der Waals surface area contributed by atoms with E-state index < -0.39 is 5.97 Å². The van der Waals surface area contributed by atoms with Crippen LogP contribution >= 0.6 is 0 Å². The maximum Gasteiger partial charge on any atom is 0.317 e. The van der Waals surface area contributed by atoms with Gasteiger partial charge in [0.2, 0.25) is 5.91 Å². The summed E-state index contributed by atoms with van der Waals surface area (Å²) < 4.78 is 0. The lowest BCUT2D eigenvalue weighted by atomic mass is 10.1. The number of nitrogens with zero attached hydrogens (tertiary/aromatic N) is 2. The van der Waals surface area contributed by atoms with E-state index in [0.29, 0.717) is 13.1 Å². The average Bonchev–Trinajstić information content (AvgIpc) is 2.43. The van der Waals surface area contributed by atoms with Crippen LogP contribution in [0.4, 0.5) is 0 Å². The lowest BCUT2D eigenvalue weighted by Crippen LogP contribution is -2.55. The highest BCUT2D eigenvalue weighted by atomic mass is 16.4. The molecule has 0 aromatic heterocycles. The van der Waals surface area contributed by atoms with Gasteiger partial charge in [0.1, 0.15) is 0 Å². The number of hydrogen-bond acceptors (Lipinski definition) is 4. The second-order valence-electron chi connectivity index (χ2n) is 5.40. The van der Waals surface area contributed by atoms with Crippen LogP contribution in [0.5, 0.6) is 0 Å². The Morgan fingerprint density at radius 3 is 2.15 bits per heavy atom. The third-order valence-corrected chi connectivity index (χ3v) is 4.02. The normalized spacial score (nSPS) is 19.0. The van der Waals surface area contributed by atoms with E-state index in [1.54, 1.807) is 0 Å². The minimum absolute atomic E-state index is 0.0744. The van der Waals surface area contributed by atoms with Crippen molar-refractivity contribution >= 4 is 11.9 Å². The molecule has 1 heterocycles. The molecule has 0 radical (unpaired) electrons. The summed E-state index contributed by atoms with van der Waals surface area (Å²) in [5.74, 6) is -0.719. The smallest absolute Gasteiger partial charge is 0.317 e. The quantitative estimate of drug-likeness (QED) is 0.707. The molecule has 116 valence electrons. The summed E-state index contributed by atoms with van der Waals surface area (Å²) in [6, 6.07) is 0.0980. The Morgan fingerprint density at radius 1 is 1.15 bits per heavy atom. The number of carbonyl (C=O) groups excluding carboxylic acids is 1. The Labute approximate surface area is 121 Å². The molecule has 1 aliphatic heterocycles. The molecule has 6 nitrogen and oxygen atoms in total. The first kappa shape index (κ1) is 16.9. The maximum atomic E-state index is 12.2. The van der Waals surface area contributed by atoms with Gasteiger partial charge < -0.3 is 10.4 Å². The first-order chi connectivity index (χ1) is 9.47. The molecule has 20 heavy (non-hydrogen) atoms. The third-order valence-electron chi connectivity index (χ3n) is 4.02. The number of carboxylic acid groups (broad SMARTS) is 1. The predicted octanol–water partition coefficient (Wildman–Crippen LogP) is 0.382. The third kappa shape index (κ3) is 5.09. The molecule has 0 aromatic carbocycles. The Balaban J connectivity index is 2.39. The molecule has 0 saturated carbocycles. The van der Waals surface area contributed by atoms with Crippen LogP contribution in [0.1, 0.15) is 33.6 Å². The second-order valence-corrected chi connectivity index (χ2v) is 5.40. The van der Waals surface area contributed by atoms with Crippen LogP contribution in [0.3, 0.4) is 0 Å². The fourth-order valence-electron chi connectivity index (χ4n) is 2.48. The highest BCUT2D eigenvalue weighted by Crippen LogP contribution is 2.07. The van der Waals surface area contributed by atoms with E-state index in [4.69, 9.17) is 5.11 Å². The van der Waals surface area contributed by atoms with Crippen molar-refractivity contribution in [3.8, 4) is 0 Å². The Hall–Kier alpha value is -1.14. The second kappa shape index (κ2) is 8.21. The van der Waals surface area contributed by atoms with Gasteiger partial charge >= 0.3 is 5.97 Å². The molecule has 2 N–H and O–H groups in total. The van der Waals surface area contributed by atoms with Crippen LogP contribution in [0.2, 0.25) is 0 Å². The van der Waals surface area contributed by atoms with Crippen molar-refractivity contribution in [1.82, 2.24) is 15.1 Å². The van der Waals surface area contributed by atoms with E-state index in [1.807, 2.05) is 11.8 Å². The van der Waals surface area contributed by atoms with Gasteiger partial charge in [-0.1, -0.05) is 13.8 Å². The highest BCUT2D eigenvalue weighted by Gasteiger charge is 2.26. The number of carbonyl (C=O) groups is 2. The lowest BCUT2D eigenvalue weighted by Gasteiger charge is -2.37. The fourth-order valence-corrected chi connectivity index (χ4v) is 2.48. The zero-order chi connectivity index (χ0) is 15.1. The summed E-state index contributed by atoms with van der Waals surface area (Å²) >= 11 is 0. The average molecular weight is 285 g/mol. The van der Waals surface area contributed by atoms with E-state index in [0.717, 1.165) is 25.9 Å². The first-order valence-corrected chi connectivity index (χ1v) is 7.46. The van der Waals surface area contributed by atoms with E-state index in [1.165, 1.54) is 0 Å². The van der Waals surface area contributed by atoms with Gasteiger partial charge in [-0.3, -0.25) is 19.4 Å². The van der Waals surface area contributed by atoms with E-state index in [9.17, 15) is 9.59 Å². The van der Waals surface area contributed by atoms with Gasteiger partial charge in [-0.05, 0) is 19.8 Å². The van der Waals surface area contributed by atoms with Crippen LogP contribution in [0.15, 0.2) is 0 Å². The maximum absolute atomic E-state index is 12.2. The van der Waals surface area contributed by atoms with Crippen molar-refractivity contribution in [2.24, 2.45) is 0 Å². The Morgan fingerprint density at radius 2 is 1.70 bits per heavy atom. The van der Waals surface area contributed by atoms with Gasteiger partial charge in [0.05, 0.1) is 12.6 Å². The van der Waals surface area contributed by atoms with Gasteiger partial charge in [-0.15, -0.1) is 0 Å². The molecule has 1 rings (SSSR count). The van der Waals surface area contributed by atoms with E-state index in [2.05, 4.69) is 24.1 Å². The topological polar surface area (TPSA) is 72.9 Å². The number of carboxylic acids is 1. The van der Waals surface area contributed by atoms with Crippen molar-refractivity contribution in [3.63, 3.8) is 0 Å². The molecule has 0 spiro atoms. The molecule has 0 aromatic rings. The van der Waals surface area contributed by atoms with Crippen molar-refractivity contribution in [2.45, 2.75) is 45.7 Å². The van der Waals surface area contributed by atoms with Gasteiger partial charge in [0.25, 0.3) is 0 Å². The number of amides is 1. The Kier molecular flexibility index (Phi) is 6.95. The number of hydrogen-bond donors (Lipinski definition) is 2. The highest BCUT2D eigenvalue weighted by molar-refractivity contribution is 5.81. The first-order valence-electron chi connectivity index (χ1n) is 7.46. The van der Waals surface area contributed by atoms with E-state index in [-0.39, 0.29) is 24.5 Å². The summed E-state index contributed by atoms with van der Waals surface area (Å²) in [5.41, 5.74) is 0. The summed E-state index contributed by atoms with van der Waals surface area (Å²) in [4.78, 5) is 26.9. The van der Waals surface area contributed by atoms with Gasteiger partial charge in [-0.2, -0.15) is 0 Å².